The van der Waals surface area contributed by atoms with Crippen LogP contribution in [0.2, 0.25) is 0 Å². The lowest BCUT2D eigenvalue weighted by molar-refractivity contribution is 0.573. The molecule has 0 unspecified atom stereocenters. The van der Waals surface area contributed by atoms with Crippen molar-refractivity contribution in [3.63, 3.8) is 0 Å². The second-order valence-corrected chi connectivity index (χ2v) is 13.5. The van der Waals surface area contributed by atoms with E-state index in [0.717, 1.165) is 39.0 Å². The summed E-state index contributed by atoms with van der Waals surface area (Å²) in [4.78, 5) is 2.36. The minimum atomic E-state index is -0.125. The van der Waals surface area contributed by atoms with Crippen molar-refractivity contribution < 1.29 is 4.42 Å². The van der Waals surface area contributed by atoms with E-state index < -0.39 is 0 Å². The first-order valence-electron chi connectivity index (χ1n) is 15.2. The molecule has 1 aromatic heterocycles. The average Bonchev–Trinajstić information content (AvgIpc) is 3.49. The largest absolute Gasteiger partial charge is 0.454 e. The fourth-order valence-corrected chi connectivity index (χ4v) is 7.12. The SMILES string of the molecule is CC(C)(C)c1cccc2c1oc1c(N(c3ccccc3)c3ccc4c(c3)C(C)(C)c3cc5ccccc5cc3-4)cccc12. The molecule has 0 saturated heterocycles. The Bertz CT molecular complexity index is 2190. The van der Waals surface area contributed by atoms with E-state index in [4.69, 9.17) is 4.42 Å². The number of hydrogen-bond acceptors (Lipinski definition) is 2. The molecule has 2 nitrogen and oxygen atoms in total. The lowest BCUT2D eigenvalue weighted by Crippen LogP contribution is -2.16. The number of fused-ring (bicyclic) bond motifs is 7. The van der Waals surface area contributed by atoms with Crippen LogP contribution in [0.25, 0.3) is 43.8 Å². The molecule has 0 saturated carbocycles. The summed E-state index contributed by atoms with van der Waals surface area (Å²) in [5.74, 6) is 0. The molecule has 0 bridgehead atoms. The monoisotopic (exact) mass is 557 g/mol. The van der Waals surface area contributed by atoms with Gasteiger partial charge in [0.25, 0.3) is 0 Å². The van der Waals surface area contributed by atoms with E-state index in [1.165, 1.54) is 38.6 Å². The fraction of sp³-hybridized carbons (Fsp3) is 0.171. The van der Waals surface area contributed by atoms with E-state index >= 15 is 0 Å². The molecule has 1 aliphatic carbocycles. The summed E-state index contributed by atoms with van der Waals surface area (Å²) < 4.78 is 6.85. The summed E-state index contributed by atoms with van der Waals surface area (Å²) in [6, 6.07) is 44.2. The van der Waals surface area contributed by atoms with Crippen molar-refractivity contribution in [1.82, 2.24) is 0 Å². The van der Waals surface area contributed by atoms with Crippen LogP contribution in [0.1, 0.15) is 51.3 Å². The molecule has 210 valence electrons. The molecule has 2 heteroatoms. The van der Waals surface area contributed by atoms with Crippen LogP contribution in [0, 0.1) is 0 Å². The lowest BCUT2D eigenvalue weighted by atomic mass is 9.81. The number of furan rings is 1. The van der Waals surface area contributed by atoms with E-state index in [2.05, 4.69) is 161 Å². The van der Waals surface area contributed by atoms with Crippen molar-refractivity contribution in [3.8, 4) is 11.1 Å². The predicted molar refractivity (Wildman–Crippen MR) is 182 cm³/mol. The van der Waals surface area contributed by atoms with Crippen LogP contribution in [0.15, 0.2) is 126 Å². The van der Waals surface area contributed by atoms with E-state index in [-0.39, 0.29) is 10.8 Å². The molecule has 0 aliphatic heterocycles. The predicted octanol–water partition coefficient (Wildman–Crippen LogP) is 11.8. The Kier molecular flexibility index (Phi) is 5.46. The van der Waals surface area contributed by atoms with Crippen molar-refractivity contribution in [2.24, 2.45) is 0 Å². The first-order chi connectivity index (χ1) is 20.7. The second-order valence-electron chi connectivity index (χ2n) is 13.5. The van der Waals surface area contributed by atoms with Crippen molar-refractivity contribution >= 4 is 49.8 Å². The molecular weight excluding hydrogens is 522 g/mol. The van der Waals surface area contributed by atoms with Gasteiger partial charge in [-0.25, -0.2) is 0 Å². The molecule has 0 amide bonds. The molecule has 0 N–H and O–H groups in total. The fourth-order valence-electron chi connectivity index (χ4n) is 7.12. The van der Waals surface area contributed by atoms with Crippen LogP contribution in [0.3, 0.4) is 0 Å². The summed E-state index contributed by atoms with van der Waals surface area (Å²) in [7, 11) is 0. The Morgan fingerprint density at radius 3 is 1.95 bits per heavy atom. The molecule has 6 aromatic carbocycles. The second kappa shape index (κ2) is 9.09. The van der Waals surface area contributed by atoms with E-state index in [1.54, 1.807) is 0 Å². The van der Waals surface area contributed by atoms with E-state index in [9.17, 15) is 0 Å². The first-order valence-corrected chi connectivity index (χ1v) is 15.2. The van der Waals surface area contributed by atoms with Gasteiger partial charge in [-0.2, -0.15) is 0 Å². The third-order valence-corrected chi connectivity index (χ3v) is 9.35. The summed E-state index contributed by atoms with van der Waals surface area (Å²) in [6.45, 7) is 11.5. The van der Waals surface area contributed by atoms with Crippen LogP contribution in [-0.4, -0.2) is 0 Å². The maximum atomic E-state index is 6.85. The molecule has 0 atom stereocenters. The van der Waals surface area contributed by atoms with Gasteiger partial charge in [0.15, 0.2) is 5.58 Å². The van der Waals surface area contributed by atoms with Gasteiger partial charge in [-0.15, -0.1) is 0 Å². The topological polar surface area (TPSA) is 16.4 Å². The highest BCUT2D eigenvalue weighted by molar-refractivity contribution is 6.11. The van der Waals surface area contributed by atoms with Gasteiger partial charge in [0.2, 0.25) is 0 Å². The quantitative estimate of drug-likeness (QED) is 0.215. The van der Waals surface area contributed by atoms with Crippen LogP contribution < -0.4 is 4.90 Å². The van der Waals surface area contributed by atoms with Gasteiger partial charge in [-0.3, -0.25) is 0 Å². The first kappa shape index (κ1) is 25.9. The van der Waals surface area contributed by atoms with Crippen LogP contribution in [0.5, 0.6) is 0 Å². The van der Waals surface area contributed by atoms with Gasteiger partial charge in [-0.05, 0) is 80.9 Å². The van der Waals surface area contributed by atoms with Gasteiger partial charge in [0.1, 0.15) is 5.58 Å². The number of anilines is 3. The van der Waals surface area contributed by atoms with Gasteiger partial charge in [0, 0.05) is 33.1 Å². The molecule has 0 radical (unpaired) electrons. The summed E-state index contributed by atoms with van der Waals surface area (Å²) in [5, 5.41) is 4.88. The summed E-state index contributed by atoms with van der Waals surface area (Å²) in [6.07, 6.45) is 0. The number of benzene rings is 6. The van der Waals surface area contributed by atoms with Crippen LogP contribution in [0.4, 0.5) is 17.1 Å². The van der Waals surface area contributed by atoms with E-state index in [1.807, 2.05) is 0 Å². The standard InChI is InChI=1S/C41H35NO/c1-40(2,3)34-19-11-17-31-32-18-12-20-37(39(32)43-38(31)34)42(28-15-7-6-8-16-28)29-21-22-30-33-23-26-13-9-10-14-27(26)24-35(33)41(4,5)36(30)25-29/h6-25H,1-5H3. The van der Waals surface area contributed by atoms with E-state index in [0.29, 0.717) is 0 Å². The van der Waals surface area contributed by atoms with Crippen molar-refractivity contribution in [2.45, 2.75) is 45.4 Å². The molecular formula is C41H35NO. The third-order valence-electron chi connectivity index (χ3n) is 9.35. The molecule has 0 spiro atoms. The number of nitrogens with zero attached hydrogens (tertiary/aromatic N) is 1. The smallest absolute Gasteiger partial charge is 0.159 e. The van der Waals surface area contributed by atoms with Crippen molar-refractivity contribution in [2.75, 3.05) is 4.90 Å². The Labute approximate surface area is 253 Å². The zero-order valence-electron chi connectivity index (χ0n) is 25.4. The molecule has 8 rings (SSSR count). The molecule has 7 aromatic rings. The number of rotatable bonds is 3. The Morgan fingerprint density at radius 1 is 0.558 bits per heavy atom. The molecule has 43 heavy (non-hydrogen) atoms. The van der Waals surface area contributed by atoms with Gasteiger partial charge in [0.05, 0.1) is 5.69 Å². The average molecular weight is 558 g/mol. The Balaban J connectivity index is 1.36. The van der Waals surface area contributed by atoms with Gasteiger partial charge in [-0.1, -0.05) is 113 Å². The third kappa shape index (κ3) is 3.86. The highest BCUT2D eigenvalue weighted by Gasteiger charge is 2.36. The maximum Gasteiger partial charge on any atom is 0.159 e. The minimum Gasteiger partial charge on any atom is -0.454 e. The summed E-state index contributed by atoms with van der Waals surface area (Å²) in [5.41, 5.74) is 11.6. The Hall–Kier alpha value is -4.82. The normalized spacial score (nSPS) is 13.9. The van der Waals surface area contributed by atoms with Gasteiger partial charge < -0.3 is 9.32 Å². The summed E-state index contributed by atoms with van der Waals surface area (Å²) >= 11 is 0. The maximum absolute atomic E-state index is 6.85. The minimum absolute atomic E-state index is 0.0297. The molecule has 0 fully saturated rings. The van der Waals surface area contributed by atoms with Gasteiger partial charge >= 0.3 is 0 Å². The zero-order valence-corrected chi connectivity index (χ0v) is 25.4. The number of hydrogen-bond donors (Lipinski definition) is 0. The zero-order chi connectivity index (χ0) is 29.5. The molecule has 1 heterocycles. The highest BCUT2D eigenvalue weighted by Crippen LogP contribution is 2.52. The van der Waals surface area contributed by atoms with Crippen LogP contribution in [-0.2, 0) is 10.8 Å². The Morgan fingerprint density at radius 2 is 1.21 bits per heavy atom. The lowest BCUT2D eigenvalue weighted by Gasteiger charge is -2.28. The number of para-hydroxylation sites is 3. The van der Waals surface area contributed by atoms with Crippen LogP contribution >= 0.6 is 0 Å². The molecule has 1 aliphatic rings. The van der Waals surface area contributed by atoms with Crippen molar-refractivity contribution in [1.29, 1.82) is 0 Å². The van der Waals surface area contributed by atoms with Crippen molar-refractivity contribution in [3.05, 3.63) is 138 Å². The highest BCUT2D eigenvalue weighted by atomic mass is 16.3.